The van der Waals surface area contributed by atoms with E-state index in [-0.39, 0.29) is 18.3 Å². The highest BCUT2D eigenvalue weighted by atomic mass is 16.5. The normalized spacial score (nSPS) is 24.4. The average Bonchev–Trinajstić information content (AvgIpc) is 2.75. The standard InChI is InChI=1S/C12H12N2O6/c1-5-4-20-7-3-13-2-6(12(18)19)9(15)10(16)8(13)11(17)14(5)7/h2,5,7,16H,3-4H2,1H3,(H,18,19). The molecule has 0 aromatic carbocycles. The first-order chi connectivity index (χ1) is 9.41. The van der Waals surface area contributed by atoms with E-state index >= 15 is 0 Å². The summed E-state index contributed by atoms with van der Waals surface area (Å²) in [5.41, 5.74) is -1.81. The number of hydrogen-bond donors (Lipinski definition) is 2. The molecule has 8 heteroatoms. The van der Waals surface area contributed by atoms with E-state index < -0.39 is 34.8 Å². The molecule has 3 rings (SSSR count). The number of aromatic carboxylic acids is 1. The predicted octanol–water partition coefficient (Wildman–Crippen LogP) is -0.547. The van der Waals surface area contributed by atoms with Crippen LogP contribution in [-0.4, -0.2) is 50.4 Å². The molecule has 0 bridgehead atoms. The van der Waals surface area contributed by atoms with Crippen molar-refractivity contribution in [1.29, 1.82) is 0 Å². The number of aromatic nitrogens is 1. The van der Waals surface area contributed by atoms with Gasteiger partial charge in [0.2, 0.25) is 5.43 Å². The largest absolute Gasteiger partial charge is 0.503 e. The Kier molecular flexibility index (Phi) is 2.58. The molecule has 1 fully saturated rings. The summed E-state index contributed by atoms with van der Waals surface area (Å²) < 4.78 is 6.71. The fraction of sp³-hybridized carbons (Fsp3) is 0.417. The molecule has 20 heavy (non-hydrogen) atoms. The van der Waals surface area contributed by atoms with E-state index in [1.165, 1.54) is 9.47 Å². The molecule has 2 N–H and O–H groups in total. The third-order valence-electron chi connectivity index (χ3n) is 3.59. The van der Waals surface area contributed by atoms with Crippen LogP contribution in [0.15, 0.2) is 11.0 Å². The lowest BCUT2D eigenvalue weighted by Crippen LogP contribution is -2.48. The molecule has 1 aromatic rings. The van der Waals surface area contributed by atoms with E-state index in [0.29, 0.717) is 6.61 Å². The highest BCUT2D eigenvalue weighted by molar-refractivity contribution is 5.97. The Labute approximate surface area is 112 Å². The lowest BCUT2D eigenvalue weighted by molar-refractivity contribution is 0.00616. The Balaban J connectivity index is 2.21. The van der Waals surface area contributed by atoms with Crippen molar-refractivity contribution in [2.45, 2.75) is 25.7 Å². The van der Waals surface area contributed by atoms with Crippen LogP contribution < -0.4 is 5.43 Å². The Morgan fingerprint density at radius 3 is 2.80 bits per heavy atom. The summed E-state index contributed by atoms with van der Waals surface area (Å²) in [6.45, 7) is 2.34. The van der Waals surface area contributed by atoms with Gasteiger partial charge in [0.15, 0.2) is 17.7 Å². The molecule has 2 unspecified atom stereocenters. The summed E-state index contributed by atoms with van der Waals surface area (Å²) in [4.78, 5) is 36.5. The quantitative estimate of drug-likeness (QED) is 0.714. The number of pyridine rings is 1. The van der Waals surface area contributed by atoms with Crippen molar-refractivity contribution < 1.29 is 24.5 Å². The van der Waals surface area contributed by atoms with E-state index in [9.17, 15) is 19.5 Å². The number of hydrogen-bond acceptors (Lipinski definition) is 5. The molecule has 3 heterocycles. The van der Waals surface area contributed by atoms with Crippen molar-refractivity contribution in [2.75, 3.05) is 6.61 Å². The lowest BCUT2D eigenvalue weighted by Gasteiger charge is -2.33. The van der Waals surface area contributed by atoms with Gasteiger partial charge in [-0.3, -0.25) is 9.59 Å². The number of carbonyl (C=O) groups excluding carboxylic acids is 1. The number of ether oxygens (including phenoxy) is 1. The van der Waals surface area contributed by atoms with Crippen LogP contribution >= 0.6 is 0 Å². The number of rotatable bonds is 1. The first kappa shape index (κ1) is 12.7. The van der Waals surface area contributed by atoms with Crippen LogP contribution in [0.5, 0.6) is 5.75 Å². The molecule has 0 aliphatic carbocycles. The first-order valence-electron chi connectivity index (χ1n) is 6.05. The molecule has 1 aromatic heterocycles. The molecule has 1 saturated heterocycles. The fourth-order valence-electron chi connectivity index (χ4n) is 2.63. The summed E-state index contributed by atoms with van der Waals surface area (Å²) in [5, 5.41) is 18.8. The lowest BCUT2D eigenvalue weighted by atomic mass is 10.1. The van der Waals surface area contributed by atoms with Crippen molar-refractivity contribution in [1.82, 2.24) is 9.47 Å². The number of amides is 1. The molecular formula is C12H12N2O6. The summed E-state index contributed by atoms with van der Waals surface area (Å²) in [6.07, 6.45) is 0.565. The van der Waals surface area contributed by atoms with Gasteiger partial charge < -0.3 is 24.4 Å². The van der Waals surface area contributed by atoms with E-state index in [1.54, 1.807) is 6.92 Å². The maximum Gasteiger partial charge on any atom is 0.341 e. The van der Waals surface area contributed by atoms with E-state index in [1.807, 2.05) is 0 Å². The minimum absolute atomic E-state index is 0.157. The molecule has 0 saturated carbocycles. The van der Waals surface area contributed by atoms with Gasteiger partial charge in [0, 0.05) is 6.20 Å². The molecule has 106 valence electrons. The smallest absolute Gasteiger partial charge is 0.341 e. The third-order valence-corrected chi connectivity index (χ3v) is 3.59. The number of fused-ring (bicyclic) bond motifs is 2. The molecule has 2 atom stereocenters. The SMILES string of the molecule is CC1COC2Cn3cc(C(=O)O)c(=O)c(O)c3C(=O)N12. The van der Waals surface area contributed by atoms with Gasteiger partial charge in [0.1, 0.15) is 5.56 Å². The maximum atomic E-state index is 12.3. The molecule has 1 amide bonds. The van der Waals surface area contributed by atoms with Crippen LogP contribution in [0, 0.1) is 0 Å². The Hall–Kier alpha value is -2.35. The summed E-state index contributed by atoms with van der Waals surface area (Å²) in [7, 11) is 0. The maximum absolute atomic E-state index is 12.3. The topological polar surface area (TPSA) is 109 Å². The predicted molar refractivity (Wildman–Crippen MR) is 64.7 cm³/mol. The van der Waals surface area contributed by atoms with Crippen molar-refractivity contribution in [3.05, 3.63) is 27.7 Å². The monoisotopic (exact) mass is 280 g/mol. The molecule has 2 aliphatic heterocycles. The van der Waals surface area contributed by atoms with Gasteiger partial charge in [0.25, 0.3) is 5.91 Å². The van der Waals surface area contributed by atoms with Crippen LogP contribution in [-0.2, 0) is 11.3 Å². The first-order valence-corrected chi connectivity index (χ1v) is 6.05. The van der Waals surface area contributed by atoms with Crippen LogP contribution in [0.2, 0.25) is 0 Å². The van der Waals surface area contributed by atoms with Gasteiger partial charge in [0.05, 0.1) is 19.2 Å². The number of aromatic hydroxyl groups is 1. The molecule has 8 nitrogen and oxygen atoms in total. The zero-order chi connectivity index (χ0) is 14.6. The van der Waals surface area contributed by atoms with Crippen LogP contribution in [0.4, 0.5) is 0 Å². The molecular weight excluding hydrogens is 268 g/mol. The number of carbonyl (C=O) groups is 2. The van der Waals surface area contributed by atoms with E-state index in [2.05, 4.69) is 0 Å². The molecule has 2 aliphatic rings. The zero-order valence-electron chi connectivity index (χ0n) is 10.6. The average molecular weight is 280 g/mol. The fourth-order valence-corrected chi connectivity index (χ4v) is 2.63. The second kappa shape index (κ2) is 4.07. The minimum atomic E-state index is -1.45. The van der Waals surface area contributed by atoms with Gasteiger partial charge in [-0.15, -0.1) is 0 Å². The number of carboxylic acid groups (broad SMARTS) is 1. The Morgan fingerprint density at radius 1 is 1.45 bits per heavy atom. The van der Waals surface area contributed by atoms with Crippen LogP contribution in [0.25, 0.3) is 0 Å². The van der Waals surface area contributed by atoms with Crippen LogP contribution in [0.1, 0.15) is 27.8 Å². The van der Waals surface area contributed by atoms with E-state index in [4.69, 9.17) is 9.84 Å². The highest BCUT2D eigenvalue weighted by Crippen LogP contribution is 2.29. The van der Waals surface area contributed by atoms with Crippen molar-refractivity contribution in [2.24, 2.45) is 0 Å². The van der Waals surface area contributed by atoms with Crippen molar-refractivity contribution in [3.63, 3.8) is 0 Å². The van der Waals surface area contributed by atoms with Crippen LogP contribution in [0.3, 0.4) is 0 Å². The van der Waals surface area contributed by atoms with Gasteiger partial charge in [-0.25, -0.2) is 4.79 Å². The second-order valence-corrected chi connectivity index (χ2v) is 4.88. The second-order valence-electron chi connectivity index (χ2n) is 4.88. The van der Waals surface area contributed by atoms with Gasteiger partial charge in [-0.2, -0.15) is 0 Å². The van der Waals surface area contributed by atoms with Crippen molar-refractivity contribution in [3.8, 4) is 5.75 Å². The summed E-state index contributed by atoms with van der Waals surface area (Å²) in [5.74, 6) is -2.80. The third kappa shape index (κ3) is 1.54. The Bertz CT molecular complexity index is 679. The van der Waals surface area contributed by atoms with Gasteiger partial charge in [-0.1, -0.05) is 0 Å². The summed E-state index contributed by atoms with van der Waals surface area (Å²) >= 11 is 0. The molecule has 0 radical (unpaired) electrons. The minimum Gasteiger partial charge on any atom is -0.503 e. The van der Waals surface area contributed by atoms with Gasteiger partial charge >= 0.3 is 5.97 Å². The summed E-state index contributed by atoms with van der Waals surface area (Å²) in [6, 6.07) is -0.157. The molecule has 0 spiro atoms. The van der Waals surface area contributed by atoms with Gasteiger partial charge in [-0.05, 0) is 6.92 Å². The Morgan fingerprint density at radius 2 is 2.15 bits per heavy atom. The number of nitrogens with zero attached hydrogens (tertiary/aromatic N) is 2. The van der Waals surface area contributed by atoms with Crippen molar-refractivity contribution >= 4 is 11.9 Å². The highest BCUT2D eigenvalue weighted by Gasteiger charge is 2.42. The van der Waals surface area contributed by atoms with E-state index in [0.717, 1.165) is 6.20 Å². The zero-order valence-corrected chi connectivity index (χ0v) is 10.6. The number of carboxylic acids is 1.